The molecule has 74 valence electrons. The molecule has 0 aliphatic carbocycles. The summed E-state index contributed by atoms with van der Waals surface area (Å²) in [5, 5.41) is 3.81. The van der Waals surface area contributed by atoms with Gasteiger partial charge in [-0.25, -0.2) is 0 Å². The molecule has 3 nitrogen and oxygen atoms in total. The van der Waals surface area contributed by atoms with Crippen molar-refractivity contribution in [3.05, 3.63) is 11.7 Å². The second kappa shape index (κ2) is 3.48. The van der Waals surface area contributed by atoms with Crippen molar-refractivity contribution in [1.29, 1.82) is 0 Å². The third-order valence-electron chi connectivity index (χ3n) is 2.30. The molecule has 0 aliphatic heterocycles. The first-order valence-electron chi connectivity index (χ1n) is 4.75. The molecule has 0 unspecified atom stereocenters. The van der Waals surface area contributed by atoms with Crippen LogP contribution in [0, 0.1) is 12.3 Å². The van der Waals surface area contributed by atoms with Crippen LogP contribution in [0.4, 0.5) is 0 Å². The predicted molar refractivity (Wildman–Crippen MR) is 51.5 cm³/mol. The van der Waals surface area contributed by atoms with E-state index in [4.69, 9.17) is 4.52 Å². The predicted octanol–water partition coefficient (Wildman–Crippen LogP) is 2.92. The zero-order valence-electron chi connectivity index (χ0n) is 9.09. The van der Waals surface area contributed by atoms with E-state index in [1.165, 1.54) is 0 Å². The Hall–Kier alpha value is -0.860. The largest absolute Gasteiger partial charge is 0.339 e. The Kier molecular flexibility index (Phi) is 2.74. The molecule has 0 fully saturated rings. The van der Waals surface area contributed by atoms with Crippen LogP contribution in [0.2, 0.25) is 0 Å². The molecule has 3 heteroatoms. The topological polar surface area (TPSA) is 38.9 Å². The van der Waals surface area contributed by atoms with Crippen molar-refractivity contribution < 1.29 is 4.52 Å². The highest BCUT2D eigenvalue weighted by Crippen LogP contribution is 2.36. The molecule has 0 amide bonds. The van der Waals surface area contributed by atoms with E-state index in [-0.39, 0.29) is 5.41 Å². The first-order chi connectivity index (χ1) is 5.95. The first-order valence-corrected chi connectivity index (χ1v) is 4.75. The van der Waals surface area contributed by atoms with Crippen LogP contribution in [0.15, 0.2) is 4.52 Å². The highest BCUT2D eigenvalue weighted by atomic mass is 16.5. The maximum atomic E-state index is 5.18. The van der Waals surface area contributed by atoms with Crippen molar-refractivity contribution in [2.75, 3.05) is 0 Å². The van der Waals surface area contributed by atoms with Gasteiger partial charge in [-0.1, -0.05) is 32.9 Å². The Labute approximate surface area is 79.5 Å². The summed E-state index contributed by atoms with van der Waals surface area (Å²) in [6.07, 6.45) is 1.03. The van der Waals surface area contributed by atoms with Crippen molar-refractivity contribution in [3.8, 4) is 0 Å². The Morgan fingerprint density at radius 3 is 2.31 bits per heavy atom. The summed E-state index contributed by atoms with van der Waals surface area (Å²) in [7, 11) is 0. The second-order valence-corrected chi connectivity index (χ2v) is 4.51. The van der Waals surface area contributed by atoms with Gasteiger partial charge in [0.1, 0.15) is 0 Å². The molecule has 1 aromatic rings. The Morgan fingerprint density at radius 2 is 2.00 bits per heavy atom. The van der Waals surface area contributed by atoms with E-state index < -0.39 is 0 Å². The number of hydrogen-bond donors (Lipinski definition) is 0. The molecule has 0 saturated heterocycles. The van der Waals surface area contributed by atoms with Gasteiger partial charge in [0.25, 0.3) is 0 Å². The number of rotatable bonds is 2. The van der Waals surface area contributed by atoms with Crippen molar-refractivity contribution in [2.24, 2.45) is 5.41 Å². The molecular formula is C10H18N2O. The van der Waals surface area contributed by atoms with Crippen molar-refractivity contribution >= 4 is 0 Å². The van der Waals surface area contributed by atoms with Crippen molar-refractivity contribution in [1.82, 2.24) is 10.1 Å². The molecule has 0 radical (unpaired) electrons. The average Bonchev–Trinajstić information content (AvgIpc) is 2.34. The minimum absolute atomic E-state index is 0.188. The van der Waals surface area contributed by atoms with Crippen LogP contribution in [0.3, 0.4) is 0 Å². The van der Waals surface area contributed by atoms with Crippen LogP contribution in [0.25, 0.3) is 0 Å². The highest BCUT2D eigenvalue weighted by molar-refractivity contribution is 4.97. The van der Waals surface area contributed by atoms with E-state index in [9.17, 15) is 0 Å². The van der Waals surface area contributed by atoms with Gasteiger partial charge in [0.05, 0.1) is 0 Å². The van der Waals surface area contributed by atoms with Gasteiger partial charge in [-0.2, -0.15) is 4.98 Å². The summed E-state index contributed by atoms with van der Waals surface area (Å²) in [6, 6.07) is 0. The summed E-state index contributed by atoms with van der Waals surface area (Å²) >= 11 is 0. The lowest BCUT2D eigenvalue weighted by Crippen LogP contribution is -2.18. The van der Waals surface area contributed by atoms with Crippen molar-refractivity contribution in [2.45, 2.75) is 47.0 Å². The van der Waals surface area contributed by atoms with Crippen molar-refractivity contribution in [3.63, 3.8) is 0 Å². The maximum Gasteiger partial charge on any atom is 0.230 e. The van der Waals surface area contributed by atoms with Gasteiger partial charge < -0.3 is 4.52 Å². The third kappa shape index (κ3) is 2.29. The SMILES string of the molecule is CC[C@H](c1nc(C)no1)C(C)(C)C. The van der Waals surface area contributed by atoms with E-state index >= 15 is 0 Å². The first kappa shape index (κ1) is 10.2. The standard InChI is InChI=1S/C10H18N2O/c1-6-8(10(3,4)5)9-11-7(2)12-13-9/h8H,6H2,1-5H3/t8-/m1/s1. The fraction of sp³-hybridized carbons (Fsp3) is 0.800. The number of hydrogen-bond acceptors (Lipinski definition) is 3. The van der Waals surface area contributed by atoms with Crippen LogP contribution in [0.1, 0.15) is 51.7 Å². The lowest BCUT2D eigenvalue weighted by molar-refractivity contribution is 0.242. The van der Waals surface area contributed by atoms with E-state index in [0.29, 0.717) is 5.92 Å². The molecule has 0 aliphatic rings. The molecule has 0 bridgehead atoms. The van der Waals surface area contributed by atoms with Gasteiger partial charge >= 0.3 is 0 Å². The molecule has 1 heterocycles. The van der Waals surface area contributed by atoms with E-state index in [1.807, 2.05) is 6.92 Å². The Balaban J connectivity index is 2.91. The molecule has 0 aromatic carbocycles. The van der Waals surface area contributed by atoms with Crippen LogP contribution < -0.4 is 0 Å². The molecule has 1 rings (SSSR count). The molecule has 1 aromatic heterocycles. The monoisotopic (exact) mass is 182 g/mol. The highest BCUT2D eigenvalue weighted by Gasteiger charge is 2.29. The molecule has 13 heavy (non-hydrogen) atoms. The fourth-order valence-corrected chi connectivity index (χ4v) is 1.61. The van der Waals surface area contributed by atoms with E-state index in [0.717, 1.165) is 18.1 Å². The summed E-state index contributed by atoms with van der Waals surface area (Å²) in [4.78, 5) is 4.27. The van der Waals surface area contributed by atoms with Gasteiger partial charge in [-0.15, -0.1) is 0 Å². The van der Waals surface area contributed by atoms with Gasteiger partial charge in [0.2, 0.25) is 5.89 Å². The Morgan fingerprint density at radius 1 is 1.38 bits per heavy atom. The molecule has 0 N–H and O–H groups in total. The van der Waals surface area contributed by atoms with Crippen LogP contribution >= 0.6 is 0 Å². The van der Waals surface area contributed by atoms with Crippen LogP contribution in [0.5, 0.6) is 0 Å². The molecule has 1 atom stereocenters. The molecule has 0 spiro atoms. The smallest absolute Gasteiger partial charge is 0.230 e. The Bertz CT molecular complexity index is 273. The number of aryl methyl sites for hydroxylation is 1. The van der Waals surface area contributed by atoms with Gasteiger partial charge in [0, 0.05) is 5.92 Å². The van der Waals surface area contributed by atoms with Gasteiger partial charge in [-0.3, -0.25) is 0 Å². The lowest BCUT2D eigenvalue weighted by Gasteiger charge is -2.26. The maximum absolute atomic E-state index is 5.18. The second-order valence-electron chi connectivity index (χ2n) is 4.51. The number of aromatic nitrogens is 2. The third-order valence-corrected chi connectivity index (χ3v) is 2.30. The van der Waals surface area contributed by atoms with Crippen LogP contribution in [-0.4, -0.2) is 10.1 Å². The van der Waals surface area contributed by atoms with Crippen LogP contribution in [-0.2, 0) is 0 Å². The fourth-order valence-electron chi connectivity index (χ4n) is 1.61. The minimum atomic E-state index is 0.188. The molecule has 0 saturated carbocycles. The summed E-state index contributed by atoms with van der Waals surface area (Å²) < 4.78 is 5.18. The van der Waals surface area contributed by atoms with Gasteiger partial charge in [0.15, 0.2) is 5.82 Å². The van der Waals surface area contributed by atoms with E-state index in [1.54, 1.807) is 0 Å². The summed E-state index contributed by atoms with van der Waals surface area (Å²) in [5.41, 5.74) is 0.188. The molecular weight excluding hydrogens is 164 g/mol. The average molecular weight is 182 g/mol. The zero-order valence-corrected chi connectivity index (χ0v) is 9.09. The lowest BCUT2D eigenvalue weighted by atomic mass is 9.79. The summed E-state index contributed by atoms with van der Waals surface area (Å²) in [5.74, 6) is 1.85. The quantitative estimate of drug-likeness (QED) is 0.706. The summed E-state index contributed by atoms with van der Waals surface area (Å²) in [6.45, 7) is 10.6. The minimum Gasteiger partial charge on any atom is -0.339 e. The van der Waals surface area contributed by atoms with Gasteiger partial charge in [-0.05, 0) is 18.8 Å². The number of nitrogens with zero attached hydrogens (tertiary/aromatic N) is 2. The normalized spacial score (nSPS) is 14.5. The van der Waals surface area contributed by atoms with E-state index in [2.05, 4.69) is 37.8 Å². The zero-order chi connectivity index (χ0) is 10.1.